The molecule has 0 aliphatic carbocycles. The SMILES string of the molecule is CN(C1CCSC1)C1CS(=O)(=O)CC1O. The summed E-state index contributed by atoms with van der Waals surface area (Å²) in [6, 6.07) is 0.238. The number of hydrogen-bond donors (Lipinski definition) is 1. The molecule has 4 nitrogen and oxygen atoms in total. The summed E-state index contributed by atoms with van der Waals surface area (Å²) in [5.74, 6) is 2.25. The first kappa shape index (κ1) is 11.7. The number of likely N-dealkylation sites (N-methyl/N-ethyl adjacent to an activating group) is 1. The first-order chi connectivity index (χ1) is 6.99. The Bertz CT molecular complexity index is 324. The van der Waals surface area contributed by atoms with Crippen LogP contribution in [0.3, 0.4) is 0 Å². The highest BCUT2D eigenvalue weighted by Gasteiger charge is 2.41. The second-order valence-electron chi connectivity index (χ2n) is 4.39. The Morgan fingerprint density at radius 1 is 1.40 bits per heavy atom. The number of nitrogens with zero attached hydrogens (tertiary/aromatic N) is 1. The van der Waals surface area contributed by atoms with Gasteiger partial charge in [0, 0.05) is 11.8 Å². The molecule has 2 rings (SSSR count). The van der Waals surface area contributed by atoms with Gasteiger partial charge in [-0.1, -0.05) is 0 Å². The van der Waals surface area contributed by atoms with Crippen LogP contribution in [0.5, 0.6) is 0 Å². The fraction of sp³-hybridized carbons (Fsp3) is 1.00. The van der Waals surface area contributed by atoms with Gasteiger partial charge in [0.25, 0.3) is 0 Å². The average molecular weight is 251 g/mol. The Balaban J connectivity index is 2.04. The van der Waals surface area contributed by atoms with Gasteiger partial charge in [-0.3, -0.25) is 4.90 Å². The summed E-state index contributed by atoms with van der Waals surface area (Å²) in [6.45, 7) is 0. The summed E-state index contributed by atoms with van der Waals surface area (Å²) in [4.78, 5) is 2.06. The van der Waals surface area contributed by atoms with Crippen molar-refractivity contribution in [3.8, 4) is 0 Å². The highest BCUT2D eigenvalue weighted by atomic mass is 32.2. The summed E-state index contributed by atoms with van der Waals surface area (Å²) >= 11 is 1.90. The van der Waals surface area contributed by atoms with E-state index in [-0.39, 0.29) is 17.5 Å². The van der Waals surface area contributed by atoms with Crippen molar-refractivity contribution in [2.75, 3.05) is 30.1 Å². The van der Waals surface area contributed by atoms with Crippen LogP contribution in [0.2, 0.25) is 0 Å². The molecule has 2 saturated heterocycles. The van der Waals surface area contributed by atoms with Crippen molar-refractivity contribution in [3.05, 3.63) is 0 Å². The van der Waals surface area contributed by atoms with E-state index in [1.807, 2.05) is 18.8 Å². The fourth-order valence-electron chi connectivity index (χ4n) is 2.31. The van der Waals surface area contributed by atoms with Crippen LogP contribution in [0.4, 0.5) is 0 Å². The molecule has 2 aliphatic rings. The summed E-state index contributed by atoms with van der Waals surface area (Å²) in [5, 5.41) is 9.73. The van der Waals surface area contributed by atoms with Gasteiger partial charge in [0.05, 0.1) is 23.7 Å². The Kier molecular flexibility index (Phi) is 3.30. The van der Waals surface area contributed by atoms with Gasteiger partial charge in [0.2, 0.25) is 0 Å². The molecular formula is C9H17NO3S2. The van der Waals surface area contributed by atoms with E-state index in [1.165, 1.54) is 0 Å². The molecule has 0 aromatic heterocycles. The van der Waals surface area contributed by atoms with Gasteiger partial charge in [-0.2, -0.15) is 11.8 Å². The summed E-state index contributed by atoms with van der Waals surface area (Å²) in [7, 11) is -1.08. The Morgan fingerprint density at radius 2 is 2.13 bits per heavy atom. The number of rotatable bonds is 2. The topological polar surface area (TPSA) is 57.6 Å². The maximum atomic E-state index is 11.4. The van der Waals surface area contributed by atoms with E-state index in [2.05, 4.69) is 4.90 Å². The molecule has 88 valence electrons. The normalized spacial score (nSPS) is 40.1. The molecule has 0 aromatic carbocycles. The van der Waals surface area contributed by atoms with Crippen LogP contribution in [0.15, 0.2) is 0 Å². The summed E-state index contributed by atoms with van der Waals surface area (Å²) in [5.41, 5.74) is 0. The number of sulfone groups is 1. The van der Waals surface area contributed by atoms with Crippen molar-refractivity contribution in [2.45, 2.75) is 24.6 Å². The van der Waals surface area contributed by atoms with Crippen LogP contribution in [0.1, 0.15) is 6.42 Å². The van der Waals surface area contributed by atoms with Gasteiger partial charge < -0.3 is 5.11 Å². The number of thioether (sulfide) groups is 1. The van der Waals surface area contributed by atoms with Crippen LogP contribution in [-0.2, 0) is 9.84 Å². The summed E-state index contributed by atoms with van der Waals surface area (Å²) < 4.78 is 22.8. The third kappa shape index (κ3) is 2.49. The monoisotopic (exact) mass is 251 g/mol. The molecule has 0 radical (unpaired) electrons. The average Bonchev–Trinajstić information content (AvgIpc) is 2.71. The molecule has 0 spiro atoms. The fourth-order valence-corrected chi connectivity index (χ4v) is 5.45. The Morgan fingerprint density at radius 3 is 2.60 bits per heavy atom. The predicted molar refractivity (Wildman–Crippen MR) is 61.9 cm³/mol. The van der Waals surface area contributed by atoms with Gasteiger partial charge in [0.15, 0.2) is 9.84 Å². The third-order valence-electron chi connectivity index (χ3n) is 3.30. The molecule has 0 amide bonds. The lowest BCUT2D eigenvalue weighted by molar-refractivity contribution is 0.0797. The zero-order valence-electron chi connectivity index (χ0n) is 8.80. The van der Waals surface area contributed by atoms with E-state index in [0.29, 0.717) is 6.04 Å². The Labute approximate surface area is 94.9 Å². The maximum absolute atomic E-state index is 11.4. The van der Waals surface area contributed by atoms with Crippen molar-refractivity contribution < 1.29 is 13.5 Å². The van der Waals surface area contributed by atoms with E-state index < -0.39 is 15.9 Å². The highest BCUT2D eigenvalue weighted by Crippen LogP contribution is 2.26. The van der Waals surface area contributed by atoms with Crippen molar-refractivity contribution in [1.29, 1.82) is 0 Å². The number of aliphatic hydroxyl groups excluding tert-OH is 1. The first-order valence-electron chi connectivity index (χ1n) is 5.18. The number of hydrogen-bond acceptors (Lipinski definition) is 5. The second kappa shape index (κ2) is 4.24. The molecule has 2 fully saturated rings. The zero-order valence-corrected chi connectivity index (χ0v) is 10.4. The Hall–Kier alpha value is 0.220. The molecule has 2 heterocycles. The lowest BCUT2D eigenvalue weighted by Gasteiger charge is -2.30. The molecular weight excluding hydrogens is 234 g/mol. The molecule has 15 heavy (non-hydrogen) atoms. The zero-order chi connectivity index (χ0) is 11.1. The van der Waals surface area contributed by atoms with Crippen LogP contribution in [-0.4, -0.2) is 66.7 Å². The standard InChI is InChI=1S/C9H17NO3S2/c1-10(7-2-3-14-4-7)8-5-15(12,13)6-9(8)11/h7-9,11H,2-6H2,1H3. The molecule has 1 N–H and O–H groups in total. The van der Waals surface area contributed by atoms with Crippen molar-refractivity contribution in [3.63, 3.8) is 0 Å². The molecule has 2 aliphatic heterocycles. The second-order valence-corrected chi connectivity index (χ2v) is 7.70. The van der Waals surface area contributed by atoms with E-state index in [4.69, 9.17) is 0 Å². The van der Waals surface area contributed by atoms with Crippen molar-refractivity contribution >= 4 is 21.6 Å². The minimum absolute atomic E-state index is 0.0676. The smallest absolute Gasteiger partial charge is 0.154 e. The van der Waals surface area contributed by atoms with Gasteiger partial charge in [0.1, 0.15) is 0 Å². The number of aliphatic hydroxyl groups is 1. The summed E-state index contributed by atoms with van der Waals surface area (Å²) in [6.07, 6.45) is 0.398. The van der Waals surface area contributed by atoms with Gasteiger partial charge in [-0.05, 0) is 19.2 Å². The minimum atomic E-state index is -3.02. The predicted octanol–water partition coefficient (Wildman–Crippen LogP) is -0.418. The first-order valence-corrected chi connectivity index (χ1v) is 8.15. The lowest BCUT2D eigenvalue weighted by Crippen LogP contribution is -2.46. The quantitative estimate of drug-likeness (QED) is 0.722. The van der Waals surface area contributed by atoms with Crippen LogP contribution in [0, 0.1) is 0 Å². The van der Waals surface area contributed by atoms with Gasteiger partial charge in [-0.15, -0.1) is 0 Å². The van der Waals surface area contributed by atoms with Crippen molar-refractivity contribution in [2.24, 2.45) is 0 Å². The molecule has 0 aromatic rings. The van der Waals surface area contributed by atoms with E-state index in [9.17, 15) is 13.5 Å². The van der Waals surface area contributed by atoms with Crippen LogP contribution < -0.4 is 0 Å². The van der Waals surface area contributed by atoms with Gasteiger partial charge >= 0.3 is 0 Å². The maximum Gasteiger partial charge on any atom is 0.154 e. The molecule has 3 atom stereocenters. The lowest BCUT2D eigenvalue weighted by atomic mass is 10.1. The van der Waals surface area contributed by atoms with Crippen LogP contribution >= 0.6 is 11.8 Å². The van der Waals surface area contributed by atoms with E-state index >= 15 is 0 Å². The van der Waals surface area contributed by atoms with Gasteiger partial charge in [-0.25, -0.2) is 8.42 Å². The molecule has 0 bridgehead atoms. The third-order valence-corrected chi connectivity index (χ3v) is 6.14. The van der Waals surface area contributed by atoms with E-state index in [1.54, 1.807) is 0 Å². The van der Waals surface area contributed by atoms with Crippen molar-refractivity contribution in [1.82, 2.24) is 4.90 Å². The largest absolute Gasteiger partial charge is 0.390 e. The van der Waals surface area contributed by atoms with E-state index in [0.717, 1.165) is 17.9 Å². The molecule has 6 heteroatoms. The molecule has 0 saturated carbocycles. The van der Waals surface area contributed by atoms with Crippen LogP contribution in [0.25, 0.3) is 0 Å². The minimum Gasteiger partial charge on any atom is -0.390 e. The highest BCUT2D eigenvalue weighted by molar-refractivity contribution is 7.99. The molecule has 3 unspecified atom stereocenters.